The molecule has 0 N–H and O–H groups in total. The van der Waals surface area contributed by atoms with Crippen LogP contribution in [-0.4, -0.2) is 6.72 Å². The van der Waals surface area contributed by atoms with Crippen molar-refractivity contribution in [3.8, 4) is 0 Å². The first-order valence-electron chi connectivity index (χ1n) is 6.60. The first-order valence-corrected chi connectivity index (χ1v) is 6.60. The molecule has 0 heterocycles. The summed E-state index contributed by atoms with van der Waals surface area (Å²) in [6.07, 6.45) is 13.9. The molecule has 0 bridgehead atoms. The third kappa shape index (κ3) is 5.67. The van der Waals surface area contributed by atoms with Crippen molar-refractivity contribution in [2.24, 2.45) is 10.4 Å². The highest BCUT2D eigenvalue weighted by molar-refractivity contribution is 5.32. The van der Waals surface area contributed by atoms with Crippen molar-refractivity contribution in [1.29, 1.82) is 0 Å². The van der Waals surface area contributed by atoms with Gasteiger partial charge in [0, 0.05) is 6.20 Å². The lowest BCUT2D eigenvalue weighted by molar-refractivity contribution is 0.328. The Bertz CT molecular complexity index is 286. The second-order valence-electron chi connectivity index (χ2n) is 4.77. The minimum absolute atomic E-state index is 0.236. The number of nitrogens with zero attached hydrogens (tertiary/aromatic N) is 1. The van der Waals surface area contributed by atoms with Crippen LogP contribution in [0.15, 0.2) is 41.6 Å². The van der Waals surface area contributed by atoms with Gasteiger partial charge in [0.2, 0.25) is 0 Å². The molecule has 0 aliphatic heterocycles. The third-order valence-electron chi connectivity index (χ3n) is 3.24. The zero-order valence-electron chi connectivity index (χ0n) is 11.7. The fourth-order valence-electron chi connectivity index (χ4n) is 2.25. The Balaban J connectivity index is 5.05. The predicted molar refractivity (Wildman–Crippen MR) is 79.5 cm³/mol. The highest BCUT2D eigenvalue weighted by Gasteiger charge is 2.25. The van der Waals surface area contributed by atoms with Crippen molar-refractivity contribution in [3.05, 3.63) is 36.6 Å². The van der Waals surface area contributed by atoms with E-state index in [1.165, 1.54) is 37.7 Å². The summed E-state index contributed by atoms with van der Waals surface area (Å²) in [5.41, 5.74) is 1.55. The molecule has 0 fully saturated rings. The molecule has 1 heteroatoms. The Morgan fingerprint density at radius 1 is 1.24 bits per heavy atom. The molecule has 0 saturated heterocycles. The van der Waals surface area contributed by atoms with Crippen LogP contribution in [0.4, 0.5) is 0 Å². The molecule has 0 radical (unpaired) electrons. The molecule has 0 rings (SSSR count). The molecule has 17 heavy (non-hydrogen) atoms. The molecule has 1 nitrogen and oxygen atoms in total. The minimum Gasteiger partial charge on any atom is -0.273 e. The van der Waals surface area contributed by atoms with Crippen LogP contribution in [-0.2, 0) is 0 Å². The van der Waals surface area contributed by atoms with Crippen LogP contribution in [0.25, 0.3) is 0 Å². The maximum absolute atomic E-state index is 3.81. The van der Waals surface area contributed by atoms with Crippen LogP contribution in [0.2, 0.25) is 0 Å². The van der Waals surface area contributed by atoms with E-state index in [0.29, 0.717) is 0 Å². The Labute approximate surface area is 107 Å². The molecule has 0 aromatic carbocycles. The van der Waals surface area contributed by atoms with Gasteiger partial charge in [0.25, 0.3) is 0 Å². The summed E-state index contributed by atoms with van der Waals surface area (Å²) in [5, 5.41) is 0. The van der Waals surface area contributed by atoms with E-state index >= 15 is 0 Å². The average molecular weight is 233 g/mol. The van der Waals surface area contributed by atoms with Crippen LogP contribution in [0.5, 0.6) is 0 Å². The van der Waals surface area contributed by atoms with Crippen LogP contribution in [0.3, 0.4) is 0 Å². The van der Waals surface area contributed by atoms with Gasteiger partial charge in [0.05, 0.1) is 0 Å². The summed E-state index contributed by atoms with van der Waals surface area (Å²) in [5.74, 6) is 0. The third-order valence-corrected chi connectivity index (χ3v) is 3.24. The van der Waals surface area contributed by atoms with E-state index in [4.69, 9.17) is 0 Å². The van der Waals surface area contributed by atoms with Crippen LogP contribution in [0.1, 0.15) is 52.9 Å². The molecule has 0 aliphatic carbocycles. The van der Waals surface area contributed by atoms with Crippen molar-refractivity contribution in [1.82, 2.24) is 0 Å². The largest absolute Gasteiger partial charge is 0.273 e. The maximum Gasteiger partial charge on any atom is 0.0263 e. The number of hydrogen-bond donors (Lipinski definition) is 0. The zero-order valence-corrected chi connectivity index (χ0v) is 11.7. The van der Waals surface area contributed by atoms with Gasteiger partial charge in [0.1, 0.15) is 0 Å². The highest BCUT2D eigenvalue weighted by Crippen LogP contribution is 2.38. The molecular formula is C16H27N. The lowest BCUT2D eigenvalue weighted by Gasteiger charge is -2.31. The second kappa shape index (κ2) is 8.98. The SMILES string of the molecule is C=C/C=C(\C=C/N=C)C(C)(CCC)CCCC. The molecule has 0 spiro atoms. The molecule has 0 aromatic heterocycles. The number of allylic oxidation sites excluding steroid dienone is 4. The summed E-state index contributed by atoms with van der Waals surface area (Å²) in [6.45, 7) is 14.1. The van der Waals surface area contributed by atoms with Crippen molar-refractivity contribution < 1.29 is 0 Å². The van der Waals surface area contributed by atoms with E-state index < -0.39 is 0 Å². The molecule has 0 aromatic rings. The Morgan fingerprint density at radius 3 is 2.41 bits per heavy atom. The molecule has 0 amide bonds. The van der Waals surface area contributed by atoms with Gasteiger partial charge in [-0.05, 0) is 36.6 Å². The maximum atomic E-state index is 3.81. The smallest absolute Gasteiger partial charge is 0.0263 e. The van der Waals surface area contributed by atoms with E-state index in [-0.39, 0.29) is 5.41 Å². The van der Waals surface area contributed by atoms with E-state index in [2.05, 4.69) is 51.2 Å². The molecular weight excluding hydrogens is 206 g/mol. The fraction of sp³-hybridized carbons (Fsp3) is 0.562. The number of rotatable bonds is 9. The fourth-order valence-corrected chi connectivity index (χ4v) is 2.25. The Morgan fingerprint density at radius 2 is 1.94 bits per heavy atom. The van der Waals surface area contributed by atoms with Gasteiger partial charge in [-0.1, -0.05) is 58.8 Å². The normalized spacial score (nSPS) is 15.8. The van der Waals surface area contributed by atoms with Gasteiger partial charge in [-0.25, -0.2) is 0 Å². The summed E-state index contributed by atoms with van der Waals surface area (Å²) in [4.78, 5) is 3.81. The van der Waals surface area contributed by atoms with Crippen LogP contribution >= 0.6 is 0 Å². The van der Waals surface area contributed by atoms with Gasteiger partial charge in [-0.3, -0.25) is 4.99 Å². The standard InChI is InChI=1S/C16H27N/c1-6-9-13-16(4,12-8-3)15(10-7-2)11-14-17-5/h7,10-11,14H,2,5-6,8-9,12-13H2,1,3-4H3/b14-11-,15-10+. The monoisotopic (exact) mass is 233 g/mol. The summed E-state index contributed by atoms with van der Waals surface area (Å²) < 4.78 is 0. The first-order chi connectivity index (χ1) is 8.14. The van der Waals surface area contributed by atoms with Gasteiger partial charge in [-0.15, -0.1) is 0 Å². The van der Waals surface area contributed by atoms with Gasteiger partial charge >= 0.3 is 0 Å². The summed E-state index contributed by atoms with van der Waals surface area (Å²) >= 11 is 0. The van der Waals surface area contributed by atoms with E-state index in [1.807, 2.05) is 6.08 Å². The minimum atomic E-state index is 0.236. The van der Waals surface area contributed by atoms with Crippen molar-refractivity contribution >= 4 is 6.72 Å². The quantitative estimate of drug-likeness (QED) is 0.378. The van der Waals surface area contributed by atoms with E-state index in [9.17, 15) is 0 Å². The highest BCUT2D eigenvalue weighted by atomic mass is 14.6. The number of unbranched alkanes of at least 4 members (excludes halogenated alkanes) is 1. The van der Waals surface area contributed by atoms with Crippen molar-refractivity contribution in [2.45, 2.75) is 52.9 Å². The number of aliphatic imine (C=N–C) groups is 1. The van der Waals surface area contributed by atoms with Crippen LogP contribution in [0, 0.1) is 5.41 Å². The predicted octanol–water partition coefficient (Wildman–Crippen LogP) is 5.31. The molecule has 1 atom stereocenters. The van der Waals surface area contributed by atoms with Gasteiger partial charge in [-0.2, -0.15) is 0 Å². The van der Waals surface area contributed by atoms with E-state index in [1.54, 1.807) is 6.20 Å². The van der Waals surface area contributed by atoms with E-state index in [0.717, 1.165) is 0 Å². The first kappa shape index (κ1) is 15.9. The van der Waals surface area contributed by atoms with Gasteiger partial charge < -0.3 is 0 Å². The Kier molecular flexibility index (Phi) is 8.39. The lowest BCUT2D eigenvalue weighted by Crippen LogP contribution is -2.18. The molecule has 1 unspecified atom stereocenters. The summed E-state index contributed by atoms with van der Waals surface area (Å²) in [7, 11) is 0. The number of hydrogen-bond acceptors (Lipinski definition) is 1. The Hall–Kier alpha value is -1.11. The van der Waals surface area contributed by atoms with Crippen molar-refractivity contribution in [3.63, 3.8) is 0 Å². The topological polar surface area (TPSA) is 12.4 Å². The molecule has 0 aliphatic rings. The summed E-state index contributed by atoms with van der Waals surface area (Å²) in [6, 6.07) is 0. The van der Waals surface area contributed by atoms with Crippen molar-refractivity contribution in [2.75, 3.05) is 0 Å². The van der Waals surface area contributed by atoms with Crippen LogP contribution < -0.4 is 0 Å². The second-order valence-corrected chi connectivity index (χ2v) is 4.77. The molecule has 96 valence electrons. The molecule has 0 saturated carbocycles. The lowest BCUT2D eigenvalue weighted by atomic mass is 9.74. The zero-order chi connectivity index (χ0) is 13.1. The average Bonchev–Trinajstić information content (AvgIpc) is 2.32. The van der Waals surface area contributed by atoms with Gasteiger partial charge in [0.15, 0.2) is 0 Å².